The zero-order chi connectivity index (χ0) is 26.6. The molecule has 2 amide bonds. The molecular formula is C26H32FN3O6S. The summed E-state index contributed by atoms with van der Waals surface area (Å²) in [5, 5.41) is 3.00. The lowest BCUT2D eigenvalue weighted by Crippen LogP contribution is -2.52. The first-order valence-corrected chi connectivity index (χ1v) is 14.2. The monoisotopic (exact) mass is 533 g/mol. The molecule has 1 heterocycles. The Morgan fingerprint density at radius 1 is 1.05 bits per heavy atom. The van der Waals surface area contributed by atoms with Gasteiger partial charge in [-0.2, -0.15) is 0 Å². The van der Waals surface area contributed by atoms with Gasteiger partial charge in [0.15, 0.2) is 11.5 Å². The minimum absolute atomic E-state index is 0.0110. The predicted molar refractivity (Wildman–Crippen MR) is 136 cm³/mol. The number of amides is 2. The van der Waals surface area contributed by atoms with Crippen molar-refractivity contribution < 1.29 is 31.9 Å². The van der Waals surface area contributed by atoms with Crippen LogP contribution in [0.15, 0.2) is 42.5 Å². The van der Waals surface area contributed by atoms with Crippen molar-refractivity contribution in [1.82, 2.24) is 10.2 Å². The Morgan fingerprint density at radius 2 is 1.70 bits per heavy atom. The number of nitrogens with one attached hydrogen (secondary N) is 1. The molecule has 2 aliphatic rings. The van der Waals surface area contributed by atoms with Crippen molar-refractivity contribution in [2.75, 3.05) is 30.3 Å². The van der Waals surface area contributed by atoms with Gasteiger partial charge in [-0.1, -0.05) is 25.0 Å². The third-order valence-electron chi connectivity index (χ3n) is 6.63. The van der Waals surface area contributed by atoms with Crippen LogP contribution < -0.4 is 19.1 Å². The van der Waals surface area contributed by atoms with E-state index in [2.05, 4.69) is 5.32 Å². The molecule has 1 aliphatic heterocycles. The molecule has 11 heteroatoms. The third kappa shape index (κ3) is 6.71. The number of sulfonamides is 1. The van der Waals surface area contributed by atoms with Gasteiger partial charge in [0.1, 0.15) is 31.6 Å². The standard InChI is InChI=1S/C26H32FN3O6S/c1-18(26(32)28-21-5-3-4-6-21)29(16-19-7-9-20(27)10-8-19)25(31)17-30(37(2,33)34)22-11-12-23-24(15-22)36-14-13-35-23/h7-12,15,18,21H,3-6,13-14,16-17H2,1-2H3,(H,28,32)/t18-/m0/s1. The summed E-state index contributed by atoms with van der Waals surface area (Å²) < 4.78 is 51.0. The van der Waals surface area contributed by atoms with Crippen LogP contribution >= 0.6 is 0 Å². The highest BCUT2D eigenvalue weighted by molar-refractivity contribution is 7.92. The Balaban J connectivity index is 1.59. The number of benzene rings is 2. The Bertz CT molecular complexity index is 1230. The zero-order valence-electron chi connectivity index (χ0n) is 21.0. The molecule has 200 valence electrons. The quantitative estimate of drug-likeness (QED) is 0.532. The lowest BCUT2D eigenvalue weighted by molar-refractivity contribution is -0.139. The van der Waals surface area contributed by atoms with E-state index >= 15 is 0 Å². The summed E-state index contributed by atoms with van der Waals surface area (Å²) in [6.07, 6.45) is 4.86. The Labute approximate surface area is 216 Å². The molecule has 0 aromatic heterocycles. The molecule has 2 aromatic rings. The fraction of sp³-hybridized carbons (Fsp3) is 0.462. The molecule has 1 fully saturated rings. The van der Waals surface area contributed by atoms with Crippen LogP contribution in [0.2, 0.25) is 0 Å². The maximum atomic E-state index is 13.6. The smallest absolute Gasteiger partial charge is 0.244 e. The first-order valence-electron chi connectivity index (χ1n) is 12.3. The van der Waals surface area contributed by atoms with Gasteiger partial charge >= 0.3 is 0 Å². The second-order valence-corrected chi connectivity index (χ2v) is 11.3. The lowest BCUT2D eigenvalue weighted by Gasteiger charge is -2.32. The van der Waals surface area contributed by atoms with Gasteiger partial charge in [0.05, 0.1) is 11.9 Å². The van der Waals surface area contributed by atoms with Crippen molar-refractivity contribution in [1.29, 1.82) is 0 Å². The van der Waals surface area contributed by atoms with E-state index in [1.54, 1.807) is 19.1 Å². The molecule has 1 N–H and O–H groups in total. The number of nitrogens with zero attached hydrogens (tertiary/aromatic N) is 2. The van der Waals surface area contributed by atoms with Gasteiger partial charge in [0.25, 0.3) is 0 Å². The van der Waals surface area contributed by atoms with Crippen molar-refractivity contribution in [2.24, 2.45) is 0 Å². The maximum Gasteiger partial charge on any atom is 0.244 e. The first-order chi connectivity index (χ1) is 17.6. The number of anilines is 1. The van der Waals surface area contributed by atoms with Gasteiger partial charge in [-0.25, -0.2) is 12.8 Å². The summed E-state index contributed by atoms with van der Waals surface area (Å²) in [5.74, 6) is -0.427. The van der Waals surface area contributed by atoms with Crippen molar-refractivity contribution >= 4 is 27.5 Å². The number of hydrogen-bond donors (Lipinski definition) is 1. The Morgan fingerprint density at radius 3 is 2.35 bits per heavy atom. The van der Waals surface area contributed by atoms with Gasteiger partial charge in [0, 0.05) is 18.7 Å². The van der Waals surface area contributed by atoms with E-state index in [9.17, 15) is 22.4 Å². The molecule has 0 unspecified atom stereocenters. The Kier molecular flexibility index (Phi) is 8.21. The molecule has 4 rings (SSSR count). The summed E-state index contributed by atoms with van der Waals surface area (Å²) in [6.45, 7) is 1.81. The minimum atomic E-state index is -3.88. The molecule has 37 heavy (non-hydrogen) atoms. The number of fused-ring (bicyclic) bond motifs is 1. The van der Waals surface area contributed by atoms with E-state index in [4.69, 9.17) is 9.47 Å². The van der Waals surface area contributed by atoms with E-state index in [1.807, 2.05) is 0 Å². The van der Waals surface area contributed by atoms with Crippen molar-refractivity contribution in [3.8, 4) is 11.5 Å². The summed E-state index contributed by atoms with van der Waals surface area (Å²) in [5.41, 5.74) is 0.852. The summed E-state index contributed by atoms with van der Waals surface area (Å²) in [4.78, 5) is 28.0. The number of halogens is 1. The molecule has 1 atom stereocenters. The highest BCUT2D eigenvalue weighted by Gasteiger charge is 2.32. The van der Waals surface area contributed by atoms with Crippen LogP contribution in [0.3, 0.4) is 0 Å². The van der Waals surface area contributed by atoms with E-state index in [0.29, 0.717) is 30.3 Å². The topological polar surface area (TPSA) is 105 Å². The lowest BCUT2D eigenvalue weighted by atomic mass is 10.1. The van der Waals surface area contributed by atoms with Crippen LogP contribution in [0.25, 0.3) is 0 Å². The molecule has 1 saturated carbocycles. The normalized spacial score (nSPS) is 16.2. The molecule has 0 spiro atoms. The maximum absolute atomic E-state index is 13.6. The van der Waals surface area contributed by atoms with Crippen LogP contribution in [0.1, 0.15) is 38.2 Å². The van der Waals surface area contributed by atoms with Gasteiger partial charge in [-0.05, 0) is 49.6 Å². The zero-order valence-corrected chi connectivity index (χ0v) is 21.8. The minimum Gasteiger partial charge on any atom is -0.486 e. The number of ether oxygens (including phenoxy) is 2. The Hall–Kier alpha value is -3.34. The third-order valence-corrected chi connectivity index (χ3v) is 7.77. The second kappa shape index (κ2) is 11.4. The van der Waals surface area contributed by atoms with Crippen LogP contribution in [0.5, 0.6) is 11.5 Å². The first kappa shape index (κ1) is 26.7. The van der Waals surface area contributed by atoms with Crippen molar-refractivity contribution in [3.63, 3.8) is 0 Å². The summed E-state index contributed by atoms with van der Waals surface area (Å²) >= 11 is 0. The highest BCUT2D eigenvalue weighted by atomic mass is 32.2. The van der Waals surface area contributed by atoms with Gasteiger partial charge in [-0.15, -0.1) is 0 Å². The molecule has 2 aromatic carbocycles. The average Bonchev–Trinajstić information content (AvgIpc) is 3.38. The molecular weight excluding hydrogens is 501 g/mol. The van der Waals surface area contributed by atoms with Crippen LogP contribution in [-0.2, 0) is 26.2 Å². The predicted octanol–water partition coefficient (Wildman–Crippen LogP) is 2.84. The highest BCUT2D eigenvalue weighted by Crippen LogP contribution is 2.34. The molecule has 0 saturated heterocycles. The number of carbonyl (C=O) groups is 2. The van der Waals surface area contributed by atoms with E-state index in [1.165, 1.54) is 35.2 Å². The molecule has 1 aliphatic carbocycles. The number of carbonyl (C=O) groups excluding carboxylic acids is 2. The van der Waals surface area contributed by atoms with Crippen molar-refractivity contribution in [2.45, 2.75) is 51.2 Å². The number of rotatable bonds is 9. The van der Waals surface area contributed by atoms with Crippen LogP contribution in [0.4, 0.5) is 10.1 Å². The SMILES string of the molecule is C[C@@H](C(=O)NC1CCCC1)N(Cc1ccc(F)cc1)C(=O)CN(c1ccc2c(c1)OCCO2)S(C)(=O)=O. The van der Waals surface area contributed by atoms with Crippen LogP contribution in [-0.4, -0.2) is 63.2 Å². The number of hydrogen-bond acceptors (Lipinski definition) is 6. The van der Waals surface area contributed by atoms with E-state index in [0.717, 1.165) is 36.2 Å². The van der Waals surface area contributed by atoms with Gasteiger partial charge in [0.2, 0.25) is 21.8 Å². The van der Waals surface area contributed by atoms with Crippen molar-refractivity contribution in [3.05, 3.63) is 53.8 Å². The fourth-order valence-corrected chi connectivity index (χ4v) is 5.40. The molecule has 9 nitrogen and oxygen atoms in total. The van der Waals surface area contributed by atoms with Gasteiger partial charge < -0.3 is 19.7 Å². The summed E-state index contributed by atoms with van der Waals surface area (Å²) in [6, 6.07) is 9.46. The van der Waals surface area contributed by atoms with E-state index < -0.39 is 34.3 Å². The fourth-order valence-electron chi connectivity index (χ4n) is 4.56. The molecule has 0 bridgehead atoms. The average molecular weight is 534 g/mol. The largest absolute Gasteiger partial charge is 0.486 e. The summed E-state index contributed by atoms with van der Waals surface area (Å²) in [7, 11) is -3.88. The molecule has 0 radical (unpaired) electrons. The second-order valence-electron chi connectivity index (χ2n) is 9.41. The van der Waals surface area contributed by atoms with Crippen LogP contribution in [0, 0.1) is 5.82 Å². The van der Waals surface area contributed by atoms with Gasteiger partial charge in [-0.3, -0.25) is 13.9 Å². The van der Waals surface area contributed by atoms with E-state index in [-0.39, 0.29) is 24.2 Å².